The number of carbonyl (C=O) groups is 2. The molecule has 0 radical (unpaired) electrons. The first-order valence-electron chi connectivity index (χ1n) is 6.98. The van der Waals surface area contributed by atoms with Crippen molar-refractivity contribution in [3.05, 3.63) is 27.5 Å². The number of carboxylic acid groups (broad SMARTS) is 1. The summed E-state index contributed by atoms with van der Waals surface area (Å²) in [6.07, 6.45) is 0.563. The number of aromatic nitrogens is 1. The highest BCUT2D eigenvalue weighted by Crippen LogP contribution is 2.32. The third-order valence-corrected chi connectivity index (χ3v) is 5.62. The highest BCUT2D eigenvalue weighted by atomic mass is 35.5. The summed E-state index contributed by atoms with van der Waals surface area (Å²) in [7, 11) is 0. The van der Waals surface area contributed by atoms with Crippen LogP contribution in [0.5, 0.6) is 0 Å². The van der Waals surface area contributed by atoms with E-state index in [1.165, 1.54) is 22.7 Å². The summed E-state index contributed by atoms with van der Waals surface area (Å²) in [5.74, 6) is -1.03. The van der Waals surface area contributed by atoms with E-state index in [1.54, 1.807) is 13.8 Å². The summed E-state index contributed by atoms with van der Waals surface area (Å²) >= 11 is 8.83. The van der Waals surface area contributed by atoms with Gasteiger partial charge in [-0.05, 0) is 32.4 Å². The molecule has 0 bridgehead atoms. The lowest BCUT2D eigenvalue weighted by Gasteiger charge is -2.18. The molecular formula is C15H17ClN2O3S2. The van der Waals surface area contributed by atoms with Crippen LogP contribution >= 0.6 is 34.3 Å². The molecule has 2 N–H and O–H groups in total. The highest BCUT2D eigenvalue weighted by Gasteiger charge is 2.26. The Morgan fingerprint density at radius 2 is 2.13 bits per heavy atom. The Bertz CT molecular complexity index is 709. The molecule has 8 heteroatoms. The standard InChI is InChI=1S/C15H17ClN2O3S2/c1-15(2,14(20)21)5-6-17-12(19)7-9-8-22-13(18-9)10-3-4-11(16)23-10/h3-4,8H,5-7H2,1-2H3,(H,17,19)(H,20,21). The quantitative estimate of drug-likeness (QED) is 0.776. The number of carbonyl (C=O) groups excluding carboxylic acids is 1. The Kier molecular flexibility index (Phi) is 5.78. The molecule has 0 unspecified atom stereocenters. The lowest BCUT2D eigenvalue weighted by atomic mass is 9.90. The van der Waals surface area contributed by atoms with E-state index in [-0.39, 0.29) is 12.3 Å². The monoisotopic (exact) mass is 372 g/mol. The summed E-state index contributed by atoms with van der Waals surface area (Å²) in [5.41, 5.74) is -0.149. The van der Waals surface area contributed by atoms with Crippen LogP contribution in [0.25, 0.3) is 9.88 Å². The van der Waals surface area contributed by atoms with Gasteiger partial charge in [-0.1, -0.05) is 11.6 Å². The number of hydrogen-bond donors (Lipinski definition) is 2. The molecule has 2 aromatic rings. The Morgan fingerprint density at radius 3 is 2.74 bits per heavy atom. The first-order valence-corrected chi connectivity index (χ1v) is 9.05. The van der Waals surface area contributed by atoms with Gasteiger partial charge >= 0.3 is 5.97 Å². The lowest BCUT2D eigenvalue weighted by Crippen LogP contribution is -2.32. The van der Waals surface area contributed by atoms with E-state index < -0.39 is 11.4 Å². The van der Waals surface area contributed by atoms with Crippen molar-refractivity contribution in [3.8, 4) is 9.88 Å². The zero-order valence-corrected chi connectivity index (χ0v) is 15.1. The summed E-state index contributed by atoms with van der Waals surface area (Å²) in [6, 6.07) is 3.73. The van der Waals surface area contributed by atoms with Crippen molar-refractivity contribution in [2.45, 2.75) is 26.7 Å². The number of nitrogens with zero attached hydrogens (tertiary/aromatic N) is 1. The smallest absolute Gasteiger partial charge is 0.309 e. The number of amides is 1. The van der Waals surface area contributed by atoms with Gasteiger partial charge in [0.2, 0.25) is 5.91 Å². The number of hydrogen-bond acceptors (Lipinski definition) is 5. The van der Waals surface area contributed by atoms with Gasteiger partial charge in [0.15, 0.2) is 0 Å². The van der Waals surface area contributed by atoms with Crippen molar-refractivity contribution in [2.24, 2.45) is 5.41 Å². The Hall–Kier alpha value is -1.44. The minimum Gasteiger partial charge on any atom is -0.481 e. The van der Waals surface area contributed by atoms with Crippen LogP contribution in [0.4, 0.5) is 0 Å². The third kappa shape index (κ3) is 5.02. The van der Waals surface area contributed by atoms with Crippen LogP contribution in [-0.2, 0) is 16.0 Å². The van der Waals surface area contributed by atoms with Crippen LogP contribution < -0.4 is 5.32 Å². The largest absolute Gasteiger partial charge is 0.481 e. The Labute approximate surface area is 147 Å². The first-order chi connectivity index (χ1) is 10.8. The Balaban J connectivity index is 1.84. The van der Waals surface area contributed by atoms with Gasteiger partial charge in [-0.15, -0.1) is 22.7 Å². The molecule has 0 saturated carbocycles. The van der Waals surface area contributed by atoms with Gasteiger partial charge in [0, 0.05) is 11.9 Å². The molecule has 0 aromatic carbocycles. The molecule has 0 aliphatic carbocycles. The van der Waals surface area contributed by atoms with Crippen molar-refractivity contribution >= 4 is 46.2 Å². The fourth-order valence-corrected chi connectivity index (χ4v) is 3.71. The number of aliphatic carboxylic acids is 1. The number of thiophene rings is 1. The summed E-state index contributed by atoms with van der Waals surface area (Å²) in [5, 5.41) is 14.5. The molecular weight excluding hydrogens is 356 g/mol. The maximum atomic E-state index is 11.9. The highest BCUT2D eigenvalue weighted by molar-refractivity contribution is 7.23. The second-order valence-corrected chi connectivity index (χ2v) is 8.29. The van der Waals surface area contributed by atoms with Crippen molar-refractivity contribution in [3.63, 3.8) is 0 Å². The van der Waals surface area contributed by atoms with E-state index >= 15 is 0 Å². The first kappa shape index (κ1) is 17.9. The van der Waals surface area contributed by atoms with E-state index in [4.69, 9.17) is 16.7 Å². The predicted molar refractivity (Wildman–Crippen MR) is 93.2 cm³/mol. The topological polar surface area (TPSA) is 79.3 Å². The van der Waals surface area contributed by atoms with E-state index in [0.717, 1.165) is 9.88 Å². The second-order valence-electron chi connectivity index (χ2n) is 5.71. The minimum atomic E-state index is -0.870. The molecule has 0 atom stereocenters. The van der Waals surface area contributed by atoms with Gasteiger partial charge in [0.25, 0.3) is 0 Å². The fourth-order valence-electron chi connectivity index (χ4n) is 1.78. The SMILES string of the molecule is CC(C)(CCNC(=O)Cc1csc(-c2ccc(Cl)s2)n1)C(=O)O. The van der Waals surface area contributed by atoms with E-state index in [0.29, 0.717) is 23.0 Å². The van der Waals surface area contributed by atoms with Crippen LogP contribution in [0.3, 0.4) is 0 Å². The van der Waals surface area contributed by atoms with E-state index in [9.17, 15) is 9.59 Å². The number of thiazole rings is 1. The molecule has 2 heterocycles. The molecule has 0 saturated heterocycles. The van der Waals surface area contributed by atoms with Crippen molar-refractivity contribution in [1.82, 2.24) is 10.3 Å². The van der Waals surface area contributed by atoms with Crippen LogP contribution in [0, 0.1) is 5.41 Å². The lowest BCUT2D eigenvalue weighted by molar-refractivity contribution is -0.147. The molecule has 5 nitrogen and oxygen atoms in total. The van der Waals surface area contributed by atoms with Gasteiger partial charge in [0.05, 0.1) is 26.7 Å². The maximum absolute atomic E-state index is 11.9. The molecule has 124 valence electrons. The second kappa shape index (κ2) is 7.42. The molecule has 2 aromatic heterocycles. The third-order valence-electron chi connectivity index (χ3n) is 3.33. The zero-order chi connectivity index (χ0) is 17.0. The fraction of sp³-hybridized carbons (Fsp3) is 0.400. The number of carboxylic acids is 1. The van der Waals surface area contributed by atoms with Crippen LogP contribution in [0.15, 0.2) is 17.5 Å². The summed E-state index contributed by atoms with van der Waals surface area (Å²) in [6.45, 7) is 3.61. The molecule has 0 spiro atoms. The van der Waals surface area contributed by atoms with Gasteiger partial charge < -0.3 is 10.4 Å². The minimum absolute atomic E-state index is 0.160. The molecule has 2 rings (SSSR count). The van der Waals surface area contributed by atoms with Gasteiger partial charge in [-0.3, -0.25) is 9.59 Å². The molecule has 1 amide bonds. The summed E-state index contributed by atoms with van der Waals surface area (Å²) in [4.78, 5) is 28.3. The molecule has 0 aliphatic heterocycles. The average Bonchev–Trinajstić information content (AvgIpc) is 3.07. The van der Waals surface area contributed by atoms with Gasteiger partial charge in [-0.25, -0.2) is 4.98 Å². The molecule has 23 heavy (non-hydrogen) atoms. The number of nitrogens with one attached hydrogen (secondary N) is 1. The molecule has 0 fully saturated rings. The van der Waals surface area contributed by atoms with Crippen LogP contribution in [-0.4, -0.2) is 28.5 Å². The van der Waals surface area contributed by atoms with E-state index in [2.05, 4.69) is 10.3 Å². The van der Waals surface area contributed by atoms with Crippen LogP contribution in [0.1, 0.15) is 26.0 Å². The molecule has 0 aliphatic rings. The summed E-state index contributed by atoms with van der Waals surface area (Å²) < 4.78 is 0.704. The van der Waals surface area contributed by atoms with Crippen molar-refractivity contribution < 1.29 is 14.7 Å². The normalized spacial score (nSPS) is 11.4. The number of rotatable bonds is 7. The zero-order valence-electron chi connectivity index (χ0n) is 12.8. The maximum Gasteiger partial charge on any atom is 0.309 e. The predicted octanol–water partition coefficient (Wildman–Crippen LogP) is 3.68. The average molecular weight is 373 g/mol. The Morgan fingerprint density at radius 1 is 1.39 bits per heavy atom. The van der Waals surface area contributed by atoms with Crippen molar-refractivity contribution in [2.75, 3.05) is 6.54 Å². The van der Waals surface area contributed by atoms with E-state index in [1.807, 2.05) is 17.5 Å². The van der Waals surface area contributed by atoms with Gasteiger partial charge in [0.1, 0.15) is 5.01 Å². The number of halogens is 1. The van der Waals surface area contributed by atoms with Gasteiger partial charge in [-0.2, -0.15) is 0 Å². The van der Waals surface area contributed by atoms with Crippen LogP contribution in [0.2, 0.25) is 4.34 Å². The van der Waals surface area contributed by atoms with Crippen molar-refractivity contribution in [1.29, 1.82) is 0 Å².